The van der Waals surface area contributed by atoms with E-state index in [4.69, 9.17) is 4.74 Å². The van der Waals surface area contributed by atoms with Crippen molar-refractivity contribution in [3.05, 3.63) is 59.5 Å². The first-order valence-electron chi connectivity index (χ1n) is 10.2. The standard InChI is InChI=1S/C23H25N3O3S/c1-3-4-10-29-23(28)21-20(18-8-7-15(2)11-19(18)25-21)22(27)16-13-26(30-14-16)17-6-5-9-24-12-17/h5-9,11-12,16,25H,3-4,10,13-14H2,1-2H3/t16-/m0/s1. The number of Topliss-reactive ketones (excluding diaryl/α,β-unsaturated/α-hetero) is 1. The molecule has 6 nitrogen and oxygen atoms in total. The summed E-state index contributed by atoms with van der Waals surface area (Å²) in [5.41, 5.74) is 3.54. The molecule has 0 spiro atoms. The second-order valence-electron chi connectivity index (χ2n) is 7.54. The predicted molar refractivity (Wildman–Crippen MR) is 120 cm³/mol. The Morgan fingerprint density at radius 1 is 1.33 bits per heavy atom. The maximum atomic E-state index is 13.6. The number of carbonyl (C=O) groups excluding carboxylic acids is 2. The highest BCUT2D eigenvalue weighted by Crippen LogP contribution is 2.35. The van der Waals surface area contributed by atoms with E-state index in [1.165, 1.54) is 0 Å². The van der Waals surface area contributed by atoms with Crippen molar-refractivity contribution >= 4 is 40.3 Å². The van der Waals surface area contributed by atoms with E-state index in [-0.39, 0.29) is 17.4 Å². The van der Waals surface area contributed by atoms with Gasteiger partial charge in [-0.15, -0.1) is 0 Å². The zero-order valence-corrected chi connectivity index (χ0v) is 18.0. The number of anilines is 1. The predicted octanol–water partition coefficient (Wildman–Crippen LogP) is 4.80. The van der Waals surface area contributed by atoms with E-state index in [1.54, 1.807) is 24.3 Å². The molecule has 1 N–H and O–H groups in total. The summed E-state index contributed by atoms with van der Waals surface area (Å²) in [6.07, 6.45) is 5.27. The number of aromatic amines is 1. The third-order valence-corrected chi connectivity index (χ3v) is 6.48. The second kappa shape index (κ2) is 8.92. The van der Waals surface area contributed by atoms with Crippen LogP contribution in [0.15, 0.2) is 42.7 Å². The van der Waals surface area contributed by atoms with E-state index in [9.17, 15) is 9.59 Å². The fraction of sp³-hybridized carbons (Fsp3) is 0.348. The van der Waals surface area contributed by atoms with Crippen molar-refractivity contribution in [3.8, 4) is 0 Å². The molecule has 1 atom stereocenters. The van der Waals surface area contributed by atoms with Crippen molar-refractivity contribution in [1.29, 1.82) is 0 Å². The lowest BCUT2D eigenvalue weighted by atomic mass is 9.96. The van der Waals surface area contributed by atoms with E-state index < -0.39 is 5.97 Å². The number of aryl methyl sites for hydroxylation is 1. The summed E-state index contributed by atoms with van der Waals surface area (Å²) >= 11 is 1.61. The number of nitrogens with zero attached hydrogens (tertiary/aromatic N) is 2. The lowest BCUT2D eigenvalue weighted by Crippen LogP contribution is -2.24. The first-order valence-corrected chi connectivity index (χ1v) is 11.2. The molecule has 2 aromatic heterocycles. The summed E-state index contributed by atoms with van der Waals surface area (Å²) in [5, 5.41) is 0.776. The number of carbonyl (C=O) groups is 2. The van der Waals surface area contributed by atoms with E-state index in [0.29, 0.717) is 24.5 Å². The SMILES string of the molecule is CCCCOC(=O)c1[nH]c2cc(C)ccc2c1C(=O)[C@@H]1CSN(c2cccnc2)C1. The Morgan fingerprint density at radius 3 is 2.97 bits per heavy atom. The minimum absolute atomic E-state index is 0.0218. The number of nitrogens with one attached hydrogen (secondary N) is 1. The number of fused-ring (bicyclic) bond motifs is 1. The van der Waals surface area contributed by atoms with Crippen molar-refractivity contribution in [1.82, 2.24) is 9.97 Å². The van der Waals surface area contributed by atoms with Gasteiger partial charge in [-0.25, -0.2) is 4.79 Å². The van der Waals surface area contributed by atoms with Gasteiger partial charge in [-0.2, -0.15) is 0 Å². The Kier molecular flexibility index (Phi) is 6.08. The minimum Gasteiger partial charge on any atom is -0.461 e. The Labute approximate surface area is 180 Å². The highest BCUT2D eigenvalue weighted by Gasteiger charge is 2.34. The molecule has 0 aliphatic carbocycles. The number of benzene rings is 1. The molecule has 0 bridgehead atoms. The fourth-order valence-corrected chi connectivity index (χ4v) is 4.79. The van der Waals surface area contributed by atoms with Crippen LogP contribution in [0.25, 0.3) is 10.9 Å². The van der Waals surface area contributed by atoms with Crippen LogP contribution in [0.2, 0.25) is 0 Å². The topological polar surface area (TPSA) is 75.3 Å². The maximum Gasteiger partial charge on any atom is 0.355 e. The lowest BCUT2D eigenvalue weighted by molar-refractivity contribution is 0.0490. The zero-order chi connectivity index (χ0) is 21.1. The molecule has 30 heavy (non-hydrogen) atoms. The summed E-state index contributed by atoms with van der Waals surface area (Å²) in [4.78, 5) is 33.6. The van der Waals surface area contributed by atoms with Crippen LogP contribution >= 0.6 is 11.9 Å². The highest BCUT2D eigenvalue weighted by molar-refractivity contribution is 8.00. The molecule has 4 rings (SSSR count). The Bertz CT molecular complexity index is 1060. The molecular weight excluding hydrogens is 398 g/mol. The van der Waals surface area contributed by atoms with Gasteiger partial charge in [-0.1, -0.05) is 25.5 Å². The number of aromatic nitrogens is 2. The van der Waals surface area contributed by atoms with Crippen molar-refractivity contribution in [2.75, 3.05) is 23.2 Å². The second-order valence-corrected chi connectivity index (χ2v) is 8.58. The van der Waals surface area contributed by atoms with E-state index in [2.05, 4.69) is 14.3 Å². The summed E-state index contributed by atoms with van der Waals surface area (Å²) in [7, 11) is 0. The van der Waals surface area contributed by atoms with E-state index in [0.717, 1.165) is 35.0 Å². The normalized spacial score (nSPS) is 16.2. The molecule has 156 valence electrons. The van der Waals surface area contributed by atoms with Gasteiger partial charge in [-0.05, 0) is 49.1 Å². The average Bonchev–Trinajstić information content (AvgIpc) is 3.39. The van der Waals surface area contributed by atoms with E-state index in [1.807, 2.05) is 44.2 Å². The van der Waals surface area contributed by atoms with Crippen molar-refractivity contribution in [3.63, 3.8) is 0 Å². The fourth-order valence-electron chi connectivity index (χ4n) is 3.63. The molecule has 7 heteroatoms. The molecule has 0 amide bonds. The molecule has 0 unspecified atom stereocenters. The number of unbranched alkanes of at least 4 members (excludes halogenated alkanes) is 1. The van der Waals surface area contributed by atoms with Gasteiger partial charge in [0.15, 0.2) is 5.78 Å². The molecule has 1 aliphatic rings. The van der Waals surface area contributed by atoms with Gasteiger partial charge in [0.25, 0.3) is 0 Å². The molecule has 0 radical (unpaired) electrons. The summed E-state index contributed by atoms with van der Waals surface area (Å²) in [6, 6.07) is 9.71. The number of pyridine rings is 1. The monoisotopic (exact) mass is 423 g/mol. The van der Waals surface area contributed by atoms with Crippen LogP contribution in [0.4, 0.5) is 5.69 Å². The number of H-pyrrole nitrogens is 1. The molecule has 3 aromatic rings. The number of ether oxygens (including phenoxy) is 1. The summed E-state index contributed by atoms with van der Waals surface area (Å²) in [6.45, 7) is 4.96. The first kappa shape index (κ1) is 20.5. The van der Waals surface area contributed by atoms with Crippen molar-refractivity contribution < 1.29 is 14.3 Å². The zero-order valence-electron chi connectivity index (χ0n) is 17.2. The third kappa shape index (κ3) is 4.07. The van der Waals surface area contributed by atoms with Crippen molar-refractivity contribution in [2.45, 2.75) is 26.7 Å². The Morgan fingerprint density at radius 2 is 2.20 bits per heavy atom. The van der Waals surface area contributed by atoms with Gasteiger partial charge >= 0.3 is 5.97 Å². The minimum atomic E-state index is -0.463. The van der Waals surface area contributed by atoms with Gasteiger partial charge in [0, 0.05) is 29.4 Å². The highest BCUT2D eigenvalue weighted by atomic mass is 32.2. The molecule has 0 saturated carbocycles. The number of hydrogen-bond acceptors (Lipinski definition) is 6. The van der Waals surface area contributed by atoms with E-state index >= 15 is 0 Å². The Balaban J connectivity index is 1.64. The largest absolute Gasteiger partial charge is 0.461 e. The van der Waals surface area contributed by atoms with Crippen LogP contribution in [-0.2, 0) is 4.74 Å². The number of esters is 1. The first-order chi connectivity index (χ1) is 14.6. The number of rotatable bonds is 7. The molecule has 1 aromatic carbocycles. The quantitative estimate of drug-likeness (QED) is 0.255. The summed E-state index contributed by atoms with van der Waals surface area (Å²) < 4.78 is 7.52. The molecule has 1 fully saturated rings. The van der Waals surface area contributed by atoms with Gasteiger partial charge in [0.1, 0.15) is 5.69 Å². The van der Waals surface area contributed by atoms with Gasteiger partial charge < -0.3 is 14.0 Å². The smallest absolute Gasteiger partial charge is 0.355 e. The lowest BCUT2D eigenvalue weighted by Gasteiger charge is -2.16. The number of hydrogen-bond donors (Lipinski definition) is 1. The number of ketones is 1. The molecular formula is C23H25N3O3S. The maximum absolute atomic E-state index is 13.6. The molecule has 1 saturated heterocycles. The third-order valence-electron chi connectivity index (χ3n) is 5.26. The van der Waals surface area contributed by atoms with Gasteiger partial charge in [0.05, 0.1) is 30.0 Å². The molecule has 1 aliphatic heterocycles. The van der Waals surface area contributed by atoms with Crippen LogP contribution in [0, 0.1) is 12.8 Å². The summed E-state index contributed by atoms with van der Waals surface area (Å²) in [5.74, 6) is -0.0316. The van der Waals surface area contributed by atoms with Crippen LogP contribution in [0.1, 0.15) is 46.2 Å². The van der Waals surface area contributed by atoms with Crippen LogP contribution < -0.4 is 4.31 Å². The van der Waals surface area contributed by atoms with Crippen LogP contribution in [0.3, 0.4) is 0 Å². The van der Waals surface area contributed by atoms with Crippen LogP contribution in [0.5, 0.6) is 0 Å². The van der Waals surface area contributed by atoms with Crippen molar-refractivity contribution in [2.24, 2.45) is 5.92 Å². The van der Waals surface area contributed by atoms with Gasteiger partial charge in [0.2, 0.25) is 0 Å². The average molecular weight is 424 g/mol. The van der Waals surface area contributed by atoms with Crippen LogP contribution in [-0.4, -0.2) is 40.6 Å². The van der Waals surface area contributed by atoms with Gasteiger partial charge in [-0.3, -0.25) is 9.78 Å². The molecule has 3 heterocycles. The Hall–Kier alpha value is -2.80.